The maximum Gasteiger partial charge on any atom is 0.214 e. The number of nitrogens with one attached hydrogen (secondary N) is 1. The SMILES string of the molecule is COCCN(C(C)C1CC1)S(=O)(=O)CC1CCCNC1. The van der Waals surface area contributed by atoms with Crippen LogP contribution in [-0.2, 0) is 14.8 Å². The van der Waals surface area contributed by atoms with Crippen LogP contribution < -0.4 is 5.32 Å². The maximum atomic E-state index is 12.7. The Bertz CT molecular complexity index is 389. The first-order chi connectivity index (χ1) is 9.54. The lowest BCUT2D eigenvalue weighted by atomic mass is 10.0. The second kappa shape index (κ2) is 7.20. The molecule has 2 rings (SSSR count). The number of nitrogens with zero attached hydrogens (tertiary/aromatic N) is 1. The van der Waals surface area contributed by atoms with E-state index in [-0.39, 0.29) is 17.7 Å². The largest absolute Gasteiger partial charge is 0.383 e. The number of ether oxygens (including phenoxy) is 1. The highest BCUT2D eigenvalue weighted by Gasteiger charge is 2.38. The summed E-state index contributed by atoms with van der Waals surface area (Å²) in [6, 6.07) is 0.117. The van der Waals surface area contributed by atoms with E-state index in [4.69, 9.17) is 4.74 Å². The van der Waals surface area contributed by atoms with Gasteiger partial charge in [0.1, 0.15) is 0 Å². The van der Waals surface area contributed by atoms with Crippen LogP contribution >= 0.6 is 0 Å². The summed E-state index contributed by atoms with van der Waals surface area (Å²) >= 11 is 0. The number of hydrogen-bond donors (Lipinski definition) is 1. The van der Waals surface area contributed by atoms with Gasteiger partial charge in [0, 0.05) is 19.7 Å². The van der Waals surface area contributed by atoms with E-state index in [1.807, 2.05) is 6.92 Å². The number of hydrogen-bond acceptors (Lipinski definition) is 4. The fourth-order valence-corrected chi connectivity index (χ4v) is 5.15. The van der Waals surface area contributed by atoms with E-state index in [9.17, 15) is 8.42 Å². The third-order valence-corrected chi connectivity index (χ3v) is 6.60. The normalized spacial score (nSPS) is 25.9. The molecule has 0 aromatic carbocycles. The summed E-state index contributed by atoms with van der Waals surface area (Å²) in [5.41, 5.74) is 0. The molecule has 5 nitrogen and oxygen atoms in total. The molecular formula is C14H28N2O3S. The van der Waals surface area contributed by atoms with Crippen LogP contribution in [0.2, 0.25) is 0 Å². The predicted molar refractivity (Wildman–Crippen MR) is 80.1 cm³/mol. The number of piperidine rings is 1. The van der Waals surface area contributed by atoms with Crippen molar-refractivity contribution in [2.75, 3.05) is 39.1 Å². The zero-order valence-corrected chi connectivity index (χ0v) is 13.5. The molecule has 1 saturated carbocycles. The summed E-state index contributed by atoms with van der Waals surface area (Å²) in [4.78, 5) is 0. The average Bonchev–Trinajstić information content (AvgIpc) is 3.23. The molecule has 20 heavy (non-hydrogen) atoms. The van der Waals surface area contributed by atoms with Crippen LogP contribution in [0.4, 0.5) is 0 Å². The Labute approximate surface area is 123 Å². The minimum Gasteiger partial charge on any atom is -0.383 e. The van der Waals surface area contributed by atoms with Crippen LogP contribution in [0.1, 0.15) is 32.6 Å². The first-order valence-electron chi connectivity index (χ1n) is 7.73. The van der Waals surface area contributed by atoms with Crippen LogP contribution in [-0.4, -0.2) is 57.9 Å². The fourth-order valence-electron chi connectivity index (χ4n) is 3.05. The Balaban J connectivity index is 2.00. The minimum absolute atomic E-state index is 0.117. The topological polar surface area (TPSA) is 58.6 Å². The van der Waals surface area contributed by atoms with Crippen molar-refractivity contribution in [1.29, 1.82) is 0 Å². The van der Waals surface area contributed by atoms with Crippen LogP contribution in [0.15, 0.2) is 0 Å². The van der Waals surface area contributed by atoms with Crippen molar-refractivity contribution in [3.8, 4) is 0 Å². The van der Waals surface area contributed by atoms with E-state index >= 15 is 0 Å². The van der Waals surface area contributed by atoms with Crippen molar-refractivity contribution in [3.63, 3.8) is 0 Å². The van der Waals surface area contributed by atoms with Crippen molar-refractivity contribution < 1.29 is 13.2 Å². The number of methoxy groups -OCH3 is 1. The van der Waals surface area contributed by atoms with Gasteiger partial charge in [0.25, 0.3) is 0 Å². The van der Waals surface area contributed by atoms with E-state index in [0.717, 1.165) is 38.8 Å². The predicted octanol–water partition coefficient (Wildman–Crippen LogP) is 1.06. The molecule has 0 bridgehead atoms. The average molecular weight is 304 g/mol. The monoisotopic (exact) mass is 304 g/mol. The van der Waals surface area contributed by atoms with Crippen LogP contribution in [0, 0.1) is 11.8 Å². The van der Waals surface area contributed by atoms with Gasteiger partial charge in [0.2, 0.25) is 10.0 Å². The molecule has 0 aromatic rings. The molecule has 2 fully saturated rings. The summed E-state index contributed by atoms with van der Waals surface area (Å²) in [5.74, 6) is 1.08. The zero-order chi connectivity index (χ0) is 14.6. The number of sulfonamides is 1. The molecule has 1 heterocycles. The molecule has 2 aliphatic rings. The quantitative estimate of drug-likeness (QED) is 0.728. The van der Waals surface area contributed by atoms with Crippen molar-refractivity contribution in [2.24, 2.45) is 11.8 Å². The summed E-state index contributed by atoms with van der Waals surface area (Å²) in [6.45, 7) is 4.84. The second-order valence-electron chi connectivity index (χ2n) is 6.17. The summed E-state index contributed by atoms with van der Waals surface area (Å²) < 4.78 is 32.2. The van der Waals surface area contributed by atoms with E-state index in [0.29, 0.717) is 19.1 Å². The molecule has 6 heteroatoms. The summed E-state index contributed by atoms with van der Waals surface area (Å²) in [7, 11) is -1.56. The molecule has 2 atom stereocenters. The molecule has 2 unspecified atom stereocenters. The molecule has 0 amide bonds. The van der Waals surface area contributed by atoms with Crippen molar-refractivity contribution in [3.05, 3.63) is 0 Å². The lowest BCUT2D eigenvalue weighted by Gasteiger charge is -2.31. The van der Waals surface area contributed by atoms with Gasteiger partial charge >= 0.3 is 0 Å². The molecule has 118 valence electrons. The van der Waals surface area contributed by atoms with E-state index < -0.39 is 10.0 Å². The number of rotatable bonds is 8. The highest BCUT2D eigenvalue weighted by atomic mass is 32.2. The molecule has 1 aliphatic heterocycles. The van der Waals surface area contributed by atoms with Gasteiger partial charge in [-0.05, 0) is 57.5 Å². The van der Waals surface area contributed by atoms with E-state index in [1.54, 1.807) is 11.4 Å². The molecule has 1 aliphatic carbocycles. The first kappa shape index (κ1) is 16.2. The molecular weight excluding hydrogens is 276 g/mol. The summed E-state index contributed by atoms with van der Waals surface area (Å²) in [5, 5.41) is 3.30. The molecule has 1 saturated heterocycles. The third-order valence-electron chi connectivity index (χ3n) is 4.48. The molecule has 1 N–H and O–H groups in total. The lowest BCUT2D eigenvalue weighted by molar-refractivity contribution is 0.164. The van der Waals surface area contributed by atoms with Gasteiger partial charge in [0.15, 0.2) is 0 Å². The third kappa shape index (κ3) is 4.41. The minimum atomic E-state index is -3.19. The van der Waals surface area contributed by atoms with E-state index in [2.05, 4.69) is 5.32 Å². The van der Waals surface area contributed by atoms with Crippen LogP contribution in [0.3, 0.4) is 0 Å². The first-order valence-corrected chi connectivity index (χ1v) is 9.34. The Morgan fingerprint density at radius 3 is 2.65 bits per heavy atom. The van der Waals surface area contributed by atoms with Crippen LogP contribution in [0.25, 0.3) is 0 Å². The van der Waals surface area contributed by atoms with Gasteiger partial charge in [-0.1, -0.05) is 0 Å². The Hall–Kier alpha value is -0.170. The molecule has 0 aromatic heterocycles. The van der Waals surface area contributed by atoms with Crippen molar-refractivity contribution in [1.82, 2.24) is 9.62 Å². The van der Waals surface area contributed by atoms with Gasteiger partial charge in [-0.3, -0.25) is 0 Å². The maximum absolute atomic E-state index is 12.7. The van der Waals surface area contributed by atoms with Gasteiger partial charge in [-0.15, -0.1) is 0 Å². The van der Waals surface area contributed by atoms with Gasteiger partial charge in [0.05, 0.1) is 12.4 Å². The van der Waals surface area contributed by atoms with E-state index in [1.165, 1.54) is 0 Å². The van der Waals surface area contributed by atoms with Gasteiger partial charge in [-0.2, -0.15) is 4.31 Å². The zero-order valence-electron chi connectivity index (χ0n) is 12.7. The highest BCUT2D eigenvalue weighted by Crippen LogP contribution is 2.36. The fraction of sp³-hybridized carbons (Fsp3) is 1.00. The molecule has 0 radical (unpaired) electrons. The van der Waals surface area contributed by atoms with Crippen LogP contribution in [0.5, 0.6) is 0 Å². The Morgan fingerprint density at radius 2 is 2.10 bits per heavy atom. The van der Waals surface area contributed by atoms with Crippen molar-refractivity contribution in [2.45, 2.75) is 38.6 Å². The highest BCUT2D eigenvalue weighted by molar-refractivity contribution is 7.89. The molecule has 0 spiro atoms. The van der Waals surface area contributed by atoms with Gasteiger partial charge in [-0.25, -0.2) is 8.42 Å². The lowest BCUT2D eigenvalue weighted by Crippen LogP contribution is -2.45. The Kier molecular flexibility index (Phi) is 5.84. The smallest absolute Gasteiger partial charge is 0.214 e. The standard InChI is InChI=1S/C14H28N2O3S/c1-12(14-5-6-14)16(8-9-19-2)20(17,18)11-13-4-3-7-15-10-13/h12-15H,3-11H2,1-2H3. The van der Waals surface area contributed by atoms with Crippen molar-refractivity contribution >= 4 is 10.0 Å². The summed E-state index contributed by atoms with van der Waals surface area (Å²) in [6.07, 6.45) is 4.41. The Morgan fingerprint density at radius 1 is 1.35 bits per heavy atom. The second-order valence-corrected chi connectivity index (χ2v) is 8.14. The van der Waals surface area contributed by atoms with Gasteiger partial charge < -0.3 is 10.1 Å².